The Morgan fingerprint density at radius 2 is 1.61 bits per heavy atom. The molecule has 0 aliphatic heterocycles. The van der Waals surface area contributed by atoms with Gasteiger partial charge in [0, 0.05) is 22.0 Å². The summed E-state index contributed by atoms with van der Waals surface area (Å²) in [6.07, 6.45) is 0.839. The highest BCUT2D eigenvalue weighted by molar-refractivity contribution is 9.10. The van der Waals surface area contributed by atoms with Crippen LogP contribution in [0.1, 0.15) is 25.8 Å². The normalized spacial score (nSPS) is 11.6. The molecule has 0 radical (unpaired) electrons. The van der Waals surface area contributed by atoms with E-state index in [2.05, 4.69) is 37.2 Å². The molecule has 2 aromatic carbocycles. The van der Waals surface area contributed by atoms with Crippen LogP contribution in [0.15, 0.2) is 57.5 Å². The minimum absolute atomic E-state index is 0.135. The van der Waals surface area contributed by atoms with E-state index in [1.165, 1.54) is 0 Å². The van der Waals surface area contributed by atoms with Crippen molar-refractivity contribution in [2.45, 2.75) is 32.9 Å². The fourth-order valence-electron chi connectivity index (χ4n) is 2.52. The topological polar surface area (TPSA) is 58.6 Å². The standard InChI is InChI=1S/C21H24Br2N2O3/c1-3-12-24-21(27)15(2)25(13-16-4-6-17(22)7-5-16)20(26)14-28-19-10-8-18(23)9-11-19/h4-11,15H,3,12-14H2,1-2H3,(H,24,27). The van der Waals surface area contributed by atoms with Crippen LogP contribution in [-0.4, -0.2) is 35.9 Å². The molecule has 2 amide bonds. The van der Waals surface area contributed by atoms with Gasteiger partial charge in [-0.25, -0.2) is 0 Å². The number of hydrogen-bond acceptors (Lipinski definition) is 3. The van der Waals surface area contributed by atoms with Crippen LogP contribution in [-0.2, 0) is 16.1 Å². The van der Waals surface area contributed by atoms with E-state index in [9.17, 15) is 9.59 Å². The minimum atomic E-state index is -0.601. The molecular weight excluding hydrogens is 488 g/mol. The summed E-state index contributed by atoms with van der Waals surface area (Å²) in [5, 5.41) is 2.86. The summed E-state index contributed by atoms with van der Waals surface area (Å²) in [5.74, 6) is 0.184. The molecule has 0 aliphatic rings. The molecule has 0 saturated carbocycles. The molecule has 0 bridgehead atoms. The third-order valence-corrected chi connectivity index (χ3v) is 5.22. The van der Waals surface area contributed by atoms with Crippen molar-refractivity contribution in [2.75, 3.05) is 13.2 Å². The maximum atomic E-state index is 12.9. The lowest BCUT2D eigenvalue weighted by atomic mass is 10.1. The first-order valence-electron chi connectivity index (χ1n) is 9.10. The third-order valence-electron chi connectivity index (χ3n) is 4.16. The molecule has 5 nitrogen and oxygen atoms in total. The van der Waals surface area contributed by atoms with Crippen LogP contribution in [0, 0.1) is 0 Å². The number of rotatable bonds is 9. The largest absolute Gasteiger partial charge is 0.484 e. The third kappa shape index (κ3) is 6.95. The Labute approximate surface area is 182 Å². The number of carbonyl (C=O) groups excluding carboxylic acids is 2. The maximum Gasteiger partial charge on any atom is 0.261 e. The van der Waals surface area contributed by atoms with Gasteiger partial charge in [0.1, 0.15) is 11.8 Å². The van der Waals surface area contributed by atoms with Gasteiger partial charge in [-0.1, -0.05) is 50.9 Å². The van der Waals surface area contributed by atoms with Gasteiger partial charge >= 0.3 is 0 Å². The molecule has 0 fully saturated rings. The first kappa shape index (κ1) is 22.4. The van der Waals surface area contributed by atoms with Gasteiger partial charge in [-0.15, -0.1) is 0 Å². The number of carbonyl (C=O) groups is 2. The molecule has 1 N–H and O–H groups in total. The lowest BCUT2D eigenvalue weighted by molar-refractivity contribution is -0.142. The Bertz CT molecular complexity index is 779. The predicted octanol–water partition coefficient (Wildman–Crippen LogP) is 4.53. The van der Waals surface area contributed by atoms with Crippen molar-refractivity contribution in [1.29, 1.82) is 0 Å². The van der Waals surface area contributed by atoms with E-state index in [1.807, 2.05) is 43.3 Å². The summed E-state index contributed by atoms with van der Waals surface area (Å²) in [6, 6.07) is 14.3. The van der Waals surface area contributed by atoms with Crippen molar-refractivity contribution in [2.24, 2.45) is 0 Å². The summed E-state index contributed by atoms with van der Waals surface area (Å²) >= 11 is 6.78. The molecule has 150 valence electrons. The van der Waals surface area contributed by atoms with Crippen molar-refractivity contribution >= 4 is 43.7 Å². The number of amides is 2. The fourth-order valence-corrected chi connectivity index (χ4v) is 3.05. The molecule has 0 aliphatic carbocycles. The number of halogens is 2. The van der Waals surface area contributed by atoms with E-state index in [4.69, 9.17) is 4.74 Å². The Kier molecular flexibility index (Phi) is 8.99. The zero-order chi connectivity index (χ0) is 20.5. The van der Waals surface area contributed by atoms with E-state index in [0.717, 1.165) is 20.9 Å². The van der Waals surface area contributed by atoms with Gasteiger partial charge in [-0.05, 0) is 55.3 Å². The molecule has 1 unspecified atom stereocenters. The van der Waals surface area contributed by atoms with Crippen molar-refractivity contribution in [1.82, 2.24) is 10.2 Å². The first-order valence-corrected chi connectivity index (χ1v) is 10.7. The summed E-state index contributed by atoms with van der Waals surface area (Å²) in [4.78, 5) is 26.9. The summed E-state index contributed by atoms with van der Waals surface area (Å²) in [6.45, 7) is 4.50. The zero-order valence-corrected chi connectivity index (χ0v) is 19.1. The van der Waals surface area contributed by atoms with E-state index < -0.39 is 6.04 Å². The van der Waals surface area contributed by atoms with Gasteiger partial charge in [0.25, 0.3) is 5.91 Å². The Morgan fingerprint density at radius 1 is 1.04 bits per heavy atom. The van der Waals surface area contributed by atoms with Crippen molar-refractivity contribution < 1.29 is 14.3 Å². The van der Waals surface area contributed by atoms with E-state index in [1.54, 1.807) is 24.0 Å². The molecule has 1 atom stereocenters. The molecule has 2 rings (SSSR count). The molecule has 0 heterocycles. The van der Waals surface area contributed by atoms with Crippen LogP contribution >= 0.6 is 31.9 Å². The number of nitrogens with one attached hydrogen (secondary N) is 1. The van der Waals surface area contributed by atoms with Crippen LogP contribution < -0.4 is 10.1 Å². The molecule has 0 spiro atoms. The van der Waals surface area contributed by atoms with E-state index in [0.29, 0.717) is 18.8 Å². The zero-order valence-electron chi connectivity index (χ0n) is 16.0. The first-order chi connectivity index (χ1) is 13.4. The van der Waals surface area contributed by atoms with Crippen LogP contribution in [0.4, 0.5) is 0 Å². The second-order valence-electron chi connectivity index (χ2n) is 6.36. The Hall–Kier alpha value is -1.86. The van der Waals surface area contributed by atoms with Gasteiger partial charge in [-0.3, -0.25) is 9.59 Å². The lowest BCUT2D eigenvalue weighted by Gasteiger charge is -2.28. The van der Waals surface area contributed by atoms with Crippen molar-refractivity contribution in [3.8, 4) is 5.75 Å². The predicted molar refractivity (Wildman–Crippen MR) is 117 cm³/mol. The Morgan fingerprint density at radius 3 is 2.18 bits per heavy atom. The number of nitrogens with zero attached hydrogens (tertiary/aromatic N) is 1. The van der Waals surface area contributed by atoms with Crippen LogP contribution in [0.2, 0.25) is 0 Å². The van der Waals surface area contributed by atoms with Gasteiger partial charge in [-0.2, -0.15) is 0 Å². The average Bonchev–Trinajstić information content (AvgIpc) is 2.70. The highest BCUT2D eigenvalue weighted by atomic mass is 79.9. The highest BCUT2D eigenvalue weighted by Gasteiger charge is 2.26. The molecule has 2 aromatic rings. The second kappa shape index (κ2) is 11.2. The molecule has 0 saturated heterocycles. The summed E-state index contributed by atoms with van der Waals surface area (Å²) < 4.78 is 7.51. The smallest absolute Gasteiger partial charge is 0.261 e. The second-order valence-corrected chi connectivity index (χ2v) is 8.19. The van der Waals surface area contributed by atoms with Crippen LogP contribution in [0.25, 0.3) is 0 Å². The number of benzene rings is 2. The van der Waals surface area contributed by atoms with E-state index >= 15 is 0 Å². The lowest BCUT2D eigenvalue weighted by Crippen LogP contribution is -2.49. The highest BCUT2D eigenvalue weighted by Crippen LogP contribution is 2.17. The molecule has 28 heavy (non-hydrogen) atoms. The van der Waals surface area contributed by atoms with Gasteiger partial charge in [0.2, 0.25) is 5.91 Å². The monoisotopic (exact) mass is 510 g/mol. The van der Waals surface area contributed by atoms with Crippen LogP contribution in [0.5, 0.6) is 5.75 Å². The molecule has 0 aromatic heterocycles. The average molecular weight is 512 g/mol. The fraction of sp³-hybridized carbons (Fsp3) is 0.333. The van der Waals surface area contributed by atoms with E-state index in [-0.39, 0.29) is 18.4 Å². The van der Waals surface area contributed by atoms with Gasteiger partial charge in [0.05, 0.1) is 0 Å². The number of hydrogen-bond donors (Lipinski definition) is 1. The summed E-state index contributed by atoms with van der Waals surface area (Å²) in [7, 11) is 0. The van der Waals surface area contributed by atoms with Gasteiger partial charge < -0.3 is 15.0 Å². The quantitative estimate of drug-likeness (QED) is 0.538. The maximum absolute atomic E-state index is 12.9. The number of ether oxygens (including phenoxy) is 1. The summed E-state index contributed by atoms with van der Waals surface area (Å²) in [5.41, 5.74) is 0.940. The molecule has 7 heteroatoms. The van der Waals surface area contributed by atoms with Crippen molar-refractivity contribution in [3.05, 3.63) is 63.0 Å². The molecular formula is C21H24Br2N2O3. The SMILES string of the molecule is CCCNC(=O)C(C)N(Cc1ccc(Br)cc1)C(=O)COc1ccc(Br)cc1. The van der Waals surface area contributed by atoms with Crippen molar-refractivity contribution in [3.63, 3.8) is 0 Å². The minimum Gasteiger partial charge on any atom is -0.484 e. The van der Waals surface area contributed by atoms with Gasteiger partial charge in [0.15, 0.2) is 6.61 Å². The van der Waals surface area contributed by atoms with Crippen LogP contribution in [0.3, 0.4) is 0 Å². The Balaban J connectivity index is 2.10.